The Morgan fingerprint density at radius 3 is 1.02 bits per heavy atom. The fourth-order valence-corrected chi connectivity index (χ4v) is 9.53. The molecule has 0 bridgehead atoms. The van der Waals surface area contributed by atoms with Crippen molar-refractivity contribution in [2.45, 2.75) is 258 Å². The molecule has 0 aliphatic carbocycles. The van der Waals surface area contributed by atoms with Gasteiger partial charge in [0.15, 0.2) is 0 Å². The second-order valence-electron chi connectivity index (χ2n) is 16.1. The van der Waals surface area contributed by atoms with E-state index < -0.39 is 14.9 Å². The molecule has 1 unspecified atom stereocenters. The fraction of sp³-hybridized carbons (Fsp3) is 0.870. The van der Waals surface area contributed by atoms with Crippen LogP contribution in [0.5, 0.6) is 0 Å². The molecule has 0 saturated heterocycles. The fourth-order valence-electron chi connectivity index (χ4n) is 8.25. The predicted octanol–water partition coefficient (Wildman–Crippen LogP) is 15.9. The lowest BCUT2D eigenvalue weighted by Gasteiger charge is -2.39. The van der Waals surface area contributed by atoms with Crippen molar-refractivity contribution >= 4 is 10.1 Å². The van der Waals surface area contributed by atoms with Gasteiger partial charge in [0.05, 0.1) is 4.75 Å². The summed E-state index contributed by atoms with van der Waals surface area (Å²) in [6, 6.07) is 4.12. The topological polar surface area (TPSA) is 93.7 Å². The van der Waals surface area contributed by atoms with Gasteiger partial charge in [-0.15, -0.1) is 0 Å². The van der Waals surface area contributed by atoms with Crippen LogP contribution in [-0.4, -0.2) is 13.0 Å². The minimum atomic E-state index is -4.53. The van der Waals surface area contributed by atoms with E-state index in [1.165, 1.54) is 165 Å². The first-order valence-electron chi connectivity index (χ1n) is 22.3. The molecule has 4 N–H and O–H groups in total. The van der Waals surface area contributed by atoms with Crippen LogP contribution in [0.4, 0.5) is 0 Å². The Morgan fingerprint density at radius 2 is 0.745 bits per heavy atom. The van der Waals surface area contributed by atoms with Gasteiger partial charge in [0.1, 0.15) is 10.1 Å². The number of unbranched alkanes of at least 4 members (excludes halogenated alkanes) is 28. The highest BCUT2D eigenvalue weighted by Crippen LogP contribution is 2.43. The molecule has 0 radical (unpaired) electrons. The van der Waals surface area contributed by atoms with Gasteiger partial charge in [-0.1, -0.05) is 232 Å². The normalized spacial score (nSPS) is 13.0. The standard InChI is InChI=1S/C46H86O3S.H3N/c1-6-9-11-13-15-17-19-21-23-24-26-28-30-32-34-36-41-46(50(47,48)49,45-39-38-44(37-8-3)42(4)43(45)5)40-35-33-31-29-27-25-22-20-18-16-14-12-10-7-2;/h38-39H,6-37,40-41H2,1-5H3,(H,47,48,49);1H3. The van der Waals surface area contributed by atoms with Gasteiger partial charge < -0.3 is 10.7 Å². The van der Waals surface area contributed by atoms with Crippen LogP contribution < -0.4 is 6.15 Å². The van der Waals surface area contributed by atoms with Crippen LogP contribution in [0.25, 0.3) is 0 Å². The van der Waals surface area contributed by atoms with Crippen molar-refractivity contribution in [3.05, 3.63) is 34.4 Å². The van der Waals surface area contributed by atoms with Crippen LogP contribution >= 0.6 is 0 Å². The van der Waals surface area contributed by atoms with E-state index in [-0.39, 0.29) is 6.15 Å². The molecule has 0 aliphatic rings. The molecule has 0 spiro atoms. The molecule has 302 valence electrons. The molecule has 0 amide bonds. The zero-order valence-corrected chi connectivity index (χ0v) is 36.1. The van der Waals surface area contributed by atoms with Gasteiger partial charge in [0.25, 0.3) is 0 Å². The zero-order chi connectivity index (χ0) is 36.8. The molecule has 0 aliphatic heterocycles. The SMILES string of the molecule is CCCCCCCCCCCCCCCCCCC(CCCCCCCCCCCCCCCC)(c1ccc(CCC)c(C)c1C)S(=O)(=O)[O-].[NH4+]. The second-order valence-corrected chi connectivity index (χ2v) is 17.8. The summed E-state index contributed by atoms with van der Waals surface area (Å²) in [7, 11) is -4.53. The third-order valence-electron chi connectivity index (χ3n) is 11.8. The van der Waals surface area contributed by atoms with Gasteiger partial charge in [-0.2, -0.15) is 0 Å². The van der Waals surface area contributed by atoms with Crippen molar-refractivity contribution in [3.8, 4) is 0 Å². The van der Waals surface area contributed by atoms with Crippen molar-refractivity contribution in [1.29, 1.82) is 0 Å². The Bertz CT molecular complexity index is 1040. The molecule has 1 rings (SSSR count). The van der Waals surface area contributed by atoms with Crippen molar-refractivity contribution in [1.82, 2.24) is 6.15 Å². The number of hydrogen-bond acceptors (Lipinski definition) is 3. The molecular weight excluding hydrogens is 647 g/mol. The van der Waals surface area contributed by atoms with Crippen LogP contribution in [0.15, 0.2) is 12.1 Å². The van der Waals surface area contributed by atoms with Crippen molar-refractivity contribution in [3.63, 3.8) is 0 Å². The molecule has 1 aromatic carbocycles. The summed E-state index contributed by atoms with van der Waals surface area (Å²) in [4.78, 5) is 0. The Balaban J connectivity index is 0.0000250. The van der Waals surface area contributed by atoms with E-state index in [2.05, 4.69) is 40.7 Å². The Morgan fingerprint density at radius 1 is 0.451 bits per heavy atom. The summed E-state index contributed by atoms with van der Waals surface area (Å²) in [5.41, 5.74) is 4.27. The summed E-state index contributed by atoms with van der Waals surface area (Å²) in [5.74, 6) is 0. The van der Waals surface area contributed by atoms with Gasteiger partial charge in [0.2, 0.25) is 0 Å². The summed E-state index contributed by atoms with van der Waals surface area (Å²) in [5, 5.41) is 0. The van der Waals surface area contributed by atoms with Gasteiger partial charge in [-0.25, -0.2) is 8.42 Å². The van der Waals surface area contributed by atoms with E-state index in [1.807, 2.05) is 6.07 Å². The summed E-state index contributed by atoms with van der Waals surface area (Å²) >= 11 is 0. The van der Waals surface area contributed by atoms with Crippen LogP contribution in [0.2, 0.25) is 0 Å². The highest BCUT2D eigenvalue weighted by molar-refractivity contribution is 7.86. The van der Waals surface area contributed by atoms with Gasteiger partial charge in [-0.3, -0.25) is 0 Å². The van der Waals surface area contributed by atoms with Crippen LogP contribution in [0.3, 0.4) is 0 Å². The smallest absolute Gasteiger partial charge is 0.105 e. The van der Waals surface area contributed by atoms with Gasteiger partial charge >= 0.3 is 0 Å². The lowest BCUT2D eigenvalue weighted by Crippen LogP contribution is -2.37. The number of aryl methyl sites for hydroxylation is 1. The van der Waals surface area contributed by atoms with Crippen LogP contribution in [0.1, 0.15) is 255 Å². The van der Waals surface area contributed by atoms with Gasteiger partial charge in [-0.05, 0) is 55.4 Å². The first-order valence-corrected chi connectivity index (χ1v) is 23.7. The van der Waals surface area contributed by atoms with Crippen molar-refractivity contribution in [2.75, 3.05) is 0 Å². The van der Waals surface area contributed by atoms with Crippen molar-refractivity contribution in [2.24, 2.45) is 0 Å². The van der Waals surface area contributed by atoms with Crippen LogP contribution in [-0.2, 0) is 21.3 Å². The number of benzene rings is 1. The molecular formula is C46H89NO3S. The highest BCUT2D eigenvalue weighted by Gasteiger charge is 2.39. The maximum absolute atomic E-state index is 13.3. The quantitative estimate of drug-likeness (QED) is 0.0549. The second kappa shape index (κ2) is 32.5. The monoisotopic (exact) mass is 736 g/mol. The predicted molar refractivity (Wildman–Crippen MR) is 226 cm³/mol. The van der Waals surface area contributed by atoms with E-state index in [0.29, 0.717) is 12.8 Å². The molecule has 4 nitrogen and oxygen atoms in total. The Hall–Kier alpha value is -0.910. The maximum Gasteiger partial charge on any atom is 0.105 e. The Kier molecular flexibility index (Phi) is 31.9. The first-order chi connectivity index (χ1) is 24.2. The summed E-state index contributed by atoms with van der Waals surface area (Å²) < 4.78 is 38.7. The third kappa shape index (κ3) is 22.2. The van der Waals surface area contributed by atoms with E-state index in [0.717, 1.165) is 62.5 Å². The molecule has 0 aromatic heterocycles. The molecule has 51 heavy (non-hydrogen) atoms. The minimum Gasteiger partial charge on any atom is -0.747 e. The molecule has 1 aromatic rings. The summed E-state index contributed by atoms with van der Waals surface area (Å²) in [6.07, 6.45) is 41.4. The lowest BCUT2D eigenvalue weighted by atomic mass is 9.82. The van der Waals surface area contributed by atoms with E-state index in [4.69, 9.17) is 0 Å². The molecule has 0 fully saturated rings. The number of rotatable bonds is 36. The Labute approximate surface area is 320 Å². The number of quaternary nitrogens is 1. The highest BCUT2D eigenvalue weighted by atomic mass is 32.2. The largest absolute Gasteiger partial charge is 0.747 e. The average Bonchev–Trinajstić information content (AvgIpc) is 3.09. The maximum atomic E-state index is 13.3. The van der Waals surface area contributed by atoms with Gasteiger partial charge in [0, 0.05) is 0 Å². The summed E-state index contributed by atoms with van der Waals surface area (Å²) in [6.45, 7) is 10.9. The van der Waals surface area contributed by atoms with Crippen LogP contribution in [0, 0.1) is 13.8 Å². The van der Waals surface area contributed by atoms with E-state index in [9.17, 15) is 13.0 Å². The molecule has 0 saturated carbocycles. The molecule has 1 atom stereocenters. The van der Waals surface area contributed by atoms with Crippen molar-refractivity contribution < 1.29 is 13.0 Å². The first kappa shape index (κ1) is 50.1. The zero-order valence-electron chi connectivity index (χ0n) is 35.3. The number of hydrogen-bond donors (Lipinski definition) is 1. The molecule has 5 heteroatoms. The third-order valence-corrected chi connectivity index (χ3v) is 13.3. The molecule has 0 heterocycles. The lowest BCUT2D eigenvalue weighted by molar-refractivity contribution is 0.363. The van der Waals surface area contributed by atoms with E-state index in [1.54, 1.807) is 0 Å². The average molecular weight is 736 g/mol. The van der Waals surface area contributed by atoms with E-state index >= 15 is 0 Å². The minimum absolute atomic E-state index is 0.